The van der Waals surface area contributed by atoms with Gasteiger partial charge in [0.2, 0.25) is 5.91 Å². The Bertz CT molecular complexity index is 1430. The number of carbonyl (C=O) groups is 2. The second kappa shape index (κ2) is 12.2. The Morgan fingerprint density at radius 2 is 1.60 bits per heavy atom. The van der Waals surface area contributed by atoms with Crippen LogP contribution in [0.5, 0.6) is 0 Å². The molecule has 1 aromatic carbocycles. The van der Waals surface area contributed by atoms with Gasteiger partial charge in [-0.2, -0.15) is 0 Å². The highest BCUT2D eigenvalue weighted by atomic mass is 16.4. The van der Waals surface area contributed by atoms with Crippen LogP contribution in [0.25, 0.3) is 5.57 Å². The van der Waals surface area contributed by atoms with Gasteiger partial charge in [0.1, 0.15) is 0 Å². The van der Waals surface area contributed by atoms with Crippen LogP contribution < -0.4 is 10.6 Å². The van der Waals surface area contributed by atoms with Gasteiger partial charge in [0.05, 0.1) is 17.6 Å². The van der Waals surface area contributed by atoms with Gasteiger partial charge < -0.3 is 20.8 Å². The van der Waals surface area contributed by atoms with E-state index in [0.717, 1.165) is 37.7 Å². The number of nitrogens with one attached hydrogen (secondary N) is 2. The molecule has 4 N–H and O–H groups in total. The van der Waals surface area contributed by atoms with Crippen molar-refractivity contribution in [2.75, 3.05) is 26.2 Å². The number of allylic oxidation sites excluding steroid dienone is 3. The molecule has 258 valence electrons. The SMILES string of the molecule is C=C(C)[C@@H]1CC[C@]2(C(=O)NCCNCCO)CC[C@]3(C)[C@H](CC[C@@H]4[C@@]5(C)CC=C(c6ccc(C(=O)O)cc6)C(C)(C)[C@@H]5CC[C@]43C)[C@@H]12. The third kappa shape index (κ3) is 5.09. The molecular formula is C41H60N2O4. The van der Waals surface area contributed by atoms with E-state index in [9.17, 15) is 14.7 Å². The number of rotatable bonds is 9. The number of hydrogen-bond donors (Lipinski definition) is 4. The molecule has 6 rings (SSSR count). The third-order valence-electron chi connectivity index (χ3n) is 15.4. The van der Waals surface area contributed by atoms with E-state index in [1.54, 1.807) is 12.1 Å². The molecule has 0 aliphatic heterocycles. The number of hydrogen-bond acceptors (Lipinski definition) is 4. The predicted molar refractivity (Wildman–Crippen MR) is 189 cm³/mol. The van der Waals surface area contributed by atoms with Crippen LogP contribution in [-0.4, -0.2) is 48.3 Å². The Hall–Kier alpha value is -2.44. The highest BCUT2D eigenvalue weighted by Crippen LogP contribution is 2.77. The predicted octanol–water partition coefficient (Wildman–Crippen LogP) is 7.73. The normalized spacial score (nSPS) is 40.2. The van der Waals surface area contributed by atoms with Crippen LogP contribution in [0.15, 0.2) is 42.5 Å². The van der Waals surface area contributed by atoms with Gasteiger partial charge in [0.25, 0.3) is 0 Å². The van der Waals surface area contributed by atoms with Crippen molar-refractivity contribution >= 4 is 17.4 Å². The second-order valence-corrected chi connectivity index (χ2v) is 17.5. The fourth-order valence-corrected chi connectivity index (χ4v) is 13.1. The van der Waals surface area contributed by atoms with Crippen molar-refractivity contribution in [1.82, 2.24) is 10.6 Å². The first-order chi connectivity index (χ1) is 22.2. The quantitative estimate of drug-likeness (QED) is 0.163. The third-order valence-corrected chi connectivity index (χ3v) is 15.4. The topological polar surface area (TPSA) is 98.7 Å². The van der Waals surface area contributed by atoms with E-state index in [1.807, 2.05) is 12.1 Å². The van der Waals surface area contributed by atoms with E-state index in [4.69, 9.17) is 5.11 Å². The van der Waals surface area contributed by atoms with Gasteiger partial charge in [0, 0.05) is 19.6 Å². The molecule has 5 aliphatic rings. The molecule has 1 aromatic rings. The average Bonchev–Trinajstić information content (AvgIpc) is 3.42. The molecule has 47 heavy (non-hydrogen) atoms. The monoisotopic (exact) mass is 644 g/mol. The molecule has 0 heterocycles. The summed E-state index contributed by atoms with van der Waals surface area (Å²) in [6.07, 6.45) is 12.5. The first-order valence-corrected chi connectivity index (χ1v) is 18.5. The van der Waals surface area contributed by atoms with Crippen molar-refractivity contribution in [3.8, 4) is 0 Å². The lowest BCUT2D eigenvalue weighted by Gasteiger charge is -2.72. The van der Waals surface area contributed by atoms with E-state index in [2.05, 4.69) is 64.8 Å². The Balaban J connectivity index is 1.30. The van der Waals surface area contributed by atoms with Crippen molar-refractivity contribution in [3.63, 3.8) is 0 Å². The zero-order valence-corrected chi connectivity index (χ0v) is 29.9. The average molecular weight is 645 g/mol. The van der Waals surface area contributed by atoms with Gasteiger partial charge in [-0.1, -0.05) is 65.0 Å². The molecule has 9 atom stereocenters. The van der Waals surface area contributed by atoms with Gasteiger partial charge in [-0.15, -0.1) is 0 Å². The summed E-state index contributed by atoms with van der Waals surface area (Å²) in [7, 11) is 0. The van der Waals surface area contributed by atoms with Crippen molar-refractivity contribution in [3.05, 3.63) is 53.6 Å². The number of benzene rings is 1. The molecule has 4 fully saturated rings. The van der Waals surface area contributed by atoms with Crippen molar-refractivity contribution in [1.29, 1.82) is 0 Å². The molecule has 0 aromatic heterocycles. The summed E-state index contributed by atoms with van der Waals surface area (Å²) in [5.41, 5.74) is 4.35. The Kier molecular flexibility index (Phi) is 8.90. The zero-order valence-electron chi connectivity index (χ0n) is 29.9. The molecule has 6 heteroatoms. The van der Waals surface area contributed by atoms with Gasteiger partial charge in [-0.3, -0.25) is 4.79 Å². The highest BCUT2D eigenvalue weighted by Gasteiger charge is 2.71. The van der Waals surface area contributed by atoms with E-state index in [0.29, 0.717) is 54.8 Å². The summed E-state index contributed by atoms with van der Waals surface area (Å²) in [6, 6.07) is 7.52. The molecule has 5 aliphatic carbocycles. The van der Waals surface area contributed by atoms with Crippen LogP contribution in [-0.2, 0) is 4.79 Å². The number of carbonyl (C=O) groups excluding carboxylic acids is 1. The molecule has 0 unspecified atom stereocenters. The number of fused-ring (bicyclic) bond motifs is 7. The van der Waals surface area contributed by atoms with Crippen LogP contribution in [0, 0.1) is 56.7 Å². The van der Waals surface area contributed by atoms with Crippen LogP contribution in [0.2, 0.25) is 0 Å². The number of aliphatic hydroxyl groups is 1. The summed E-state index contributed by atoms with van der Waals surface area (Å²) in [5.74, 6) is 1.80. The van der Waals surface area contributed by atoms with Gasteiger partial charge in [-0.05, 0) is 139 Å². The Labute approximate surface area is 283 Å². The molecule has 1 amide bonds. The van der Waals surface area contributed by atoms with E-state index in [-0.39, 0.29) is 39.6 Å². The number of amides is 1. The smallest absolute Gasteiger partial charge is 0.335 e. The molecule has 0 bridgehead atoms. The summed E-state index contributed by atoms with van der Waals surface area (Å²) >= 11 is 0. The van der Waals surface area contributed by atoms with Gasteiger partial charge >= 0.3 is 5.97 Å². The minimum absolute atomic E-state index is 0.0147. The summed E-state index contributed by atoms with van der Waals surface area (Å²) in [5, 5.41) is 25.1. The summed E-state index contributed by atoms with van der Waals surface area (Å²) in [4.78, 5) is 25.7. The maximum atomic E-state index is 14.2. The second-order valence-electron chi connectivity index (χ2n) is 17.5. The number of aromatic carboxylic acids is 1. The van der Waals surface area contributed by atoms with Crippen LogP contribution in [0.1, 0.15) is 115 Å². The molecule has 0 radical (unpaired) electrons. The standard InChI is InChI=1S/C41H60N2O4/c1-26(2)29-14-19-41(36(47)43-23-22-42-24-25-44)21-20-39(6)31(34(29)41)12-13-33-38(5)17-15-30(27-8-10-28(11-9-27)35(45)46)37(3,4)32(38)16-18-40(33,39)7/h8-11,15,29,31-34,42,44H,1,12-14,16-25H2,2-7H3,(H,43,47)(H,45,46)/t29-,31+,32-,33+,34+,38-,39+,40+,41-/m0/s1. The molecular weight excluding hydrogens is 584 g/mol. The van der Waals surface area contributed by atoms with Gasteiger partial charge in [-0.25, -0.2) is 4.79 Å². The number of carboxylic acids is 1. The Morgan fingerprint density at radius 3 is 2.26 bits per heavy atom. The maximum absolute atomic E-state index is 14.2. The lowest BCUT2D eigenvalue weighted by Crippen LogP contribution is -2.66. The maximum Gasteiger partial charge on any atom is 0.335 e. The van der Waals surface area contributed by atoms with Crippen molar-refractivity contribution < 1.29 is 19.8 Å². The molecule has 0 saturated heterocycles. The van der Waals surface area contributed by atoms with Crippen LogP contribution in [0.4, 0.5) is 0 Å². The first kappa shape index (κ1) is 34.4. The molecule has 4 saturated carbocycles. The number of carboxylic acid groups (broad SMARTS) is 1. The number of aliphatic hydroxyl groups excluding tert-OH is 1. The van der Waals surface area contributed by atoms with Crippen LogP contribution >= 0.6 is 0 Å². The fraction of sp³-hybridized carbons (Fsp3) is 0.707. The Morgan fingerprint density at radius 1 is 0.872 bits per heavy atom. The van der Waals surface area contributed by atoms with E-state index in [1.165, 1.54) is 36.8 Å². The lowest BCUT2D eigenvalue weighted by molar-refractivity contribution is -0.225. The highest BCUT2D eigenvalue weighted by molar-refractivity contribution is 5.88. The van der Waals surface area contributed by atoms with E-state index < -0.39 is 5.97 Å². The van der Waals surface area contributed by atoms with Crippen molar-refractivity contribution in [2.45, 2.75) is 99.3 Å². The molecule has 6 nitrogen and oxygen atoms in total. The zero-order chi connectivity index (χ0) is 34.0. The van der Waals surface area contributed by atoms with Crippen LogP contribution in [0.3, 0.4) is 0 Å². The lowest BCUT2D eigenvalue weighted by atomic mass is 9.32. The minimum Gasteiger partial charge on any atom is -0.478 e. The summed E-state index contributed by atoms with van der Waals surface area (Å²) in [6.45, 7) is 21.4. The minimum atomic E-state index is -0.879. The largest absolute Gasteiger partial charge is 0.478 e. The van der Waals surface area contributed by atoms with Gasteiger partial charge in [0.15, 0.2) is 0 Å². The molecule has 0 spiro atoms. The van der Waals surface area contributed by atoms with E-state index >= 15 is 0 Å². The summed E-state index contributed by atoms with van der Waals surface area (Å²) < 4.78 is 0. The van der Waals surface area contributed by atoms with Crippen molar-refractivity contribution in [2.24, 2.45) is 56.7 Å². The first-order valence-electron chi connectivity index (χ1n) is 18.5. The fourth-order valence-electron chi connectivity index (χ4n) is 13.1.